The maximum atomic E-state index is 13.4. The monoisotopic (exact) mass is 508 g/mol. The molecule has 2 aliphatic carbocycles. The van der Waals surface area contributed by atoms with Gasteiger partial charge in [0.15, 0.2) is 5.78 Å². The van der Waals surface area contributed by atoms with E-state index >= 15 is 0 Å². The van der Waals surface area contributed by atoms with E-state index < -0.39 is 23.3 Å². The number of carbonyl (C=O) groups is 2. The average molecular weight is 509 g/mol. The van der Waals surface area contributed by atoms with Crippen LogP contribution in [0, 0.1) is 11.8 Å². The number of aromatic amines is 1. The van der Waals surface area contributed by atoms with Crippen molar-refractivity contribution in [1.29, 1.82) is 0 Å². The summed E-state index contributed by atoms with van der Waals surface area (Å²) in [4.78, 5) is 33.3. The van der Waals surface area contributed by atoms with Gasteiger partial charge in [-0.05, 0) is 51.0 Å². The fourth-order valence-corrected chi connectivity index (χ4v) is 5.68. The second-order valence-corrected chi connectivity index (χ2v) is 11.8. The number of para-hydroxylation sites is 1. The van der Waals surface area contributed by atoms with Gasteiger partial charge in [-0.3, -0.25) is 9.59 Å². The second kappa shape index (κ2) is 10.1. The van der Waals surface area contributed by atoms with Crippen LogP contribution in [0.5, 0.6) is 0 Å². The van der Waals surface area contributed by atoms with Crippen LogP contribution in [0.2, 0.25) is 0 Å². The number of amides is 1. The molecule has 2 unspecified atom stereocenters. The smallest absolute Gasteiger partial charge is 0.231 e. The lowest BCUT2D eigenvalue weighted by atomic mass is 9.87. The van der Waals surface area contributed by atoms with Crippen LogP contribution in [-0.4, -0.2) is 43.4 Å². The first-order valence-electron chi connectivity index (χ1n) is 12.2. The molecule has 0 radical (unpaired) electrons. The van der Waals surface area contributed by atoms with Crippen LogP contribution in [0.1, 0.15) is 42.7 Å². The molecule has 1 amide bonds. The molecule has 1 saturated carbocycles. The molecule has 3 N–H and O–H groups in total. The fourth-order valence-electron chi connectivity index (χ4n) is 4.60. The van der Waals surface area contributed by atoms with E-state index in [4.69, 9.17) is 0 Å². The molecule has 1 aromatic carbocycles. The summed E-state index contributed by atoms with van der Waals surface area (Å²) in [5.74, 6) is -0.171. The lowest BCUT2D eigenvalue weighted by molar-refractivity contribution is -0.117. The predicted octanol–water partition coefficient (Wildman–Crippen LogP) is 5.02. The summed E-state index contributed by atoms with van der Waals surface area (Å²) in [5.41, 5.74) is 4.36. The van der Waals surface area contributed by atoms with Crippen molar-refractivity contribution in [2.45, 2.75) is 44.5 Å². The van der Waals surface area contributed by atoms with E-state index in [1.165, 1.54) is 0 Å². The van der Waals surface area contributed by atoms with Gasteiger partial charge in [0.25, 0.3) is 0 Å². The summed E-state index contributed by atoms with van der Waals surface area (Å²) in [5, 5.41) is 6.15. The zero-order valence-corrected chi connectivity index (χ0v) is 21.0. The molecule has 4 atom stereocenters. The molecular formula is C27H29FN4O3S. The molecular weight excluding hydrogens is 479 g/mol. The molecule has 1 fully saturated rings. The van der Waals surface area contributed by atoms with Crippen LogP contribution in [0.3, 0.4) is 0 Å². The van der Waals surface area contributed by atoms with Crippen LogP contribution in [-0.2, 0) is 22.4 Å². The Morgan fingerprint density at radius 3 is 2.69 bits per heavy atom. The molecule has 2 heterocycles. The summed E-state index contributed by atoms with van der Waals surface area (Å²) in [6, 6.07) is 13.1. The SMILES string of the molecule is CC(C)[S+]([O-])CC1CC(=O)c2c([nH]c(-c3ccnc(NC(=O)[C@@H]4C[C@@H]4F)c3)c2Nc2ccccc2)C1. The Kier molecular flexibility index (Phi) is 6.85. The van der Waals surface area contributed by atoms with Crippen molar-refractivity contribution >= 4 is 40.1 Å². The molecule has 2 aliphatic rings. The zero-order chi connectivity index (χ0) is 25.4. The van der Waals surface area contributed by atoms with Crippen LogP contribution < -0.4 is 10.6 Å². The Hall–Kier alpha value is -3.17. The third-order valence-electron chi connectivity index (χ3n) is 6.64. The number of H-pyrrole nitrogens is 1. The molecule has 9 heteroatoms. The first-order valence-corrected chi connectivity index (χ1v) is 13.6. The lowest BCUT2D eigenvalue weighted by Gasteiger charge is -2.24. The summed E-state index contributed by atoms with van der Waals surface area (Å²) in [6.45, 7) is 3.86. The van der Waals surface area contributed by atoms with Crippen molar-refractivity contribution in [1.82, 2.24) is 9.97 Å². The highest BCUT2D eigenvalue weighted by Crippen LogP contribution is 2.41. The van der Waals surface area contributed by atoms with E-state index in [1.54, 1.807) is 18.3 Å². The number of hydrogen-bond acceptors (Lipinski definition) is 5. The Morgan fingerprint density at radius 1 is 1.25 bits per heavy atom. The van der Waals surface area contributed by atoms with Crippen molar-refractivity contribution in [3.63, 3.8) is 0 Å². The minimum Gasteiger partial charge on any atom is -0.616 e. The number of aromatic nitrogens is 2. The molecule has 0 bridgehead atoms. The van der Waals surface area contributed by atoms with E-state index in [0.29, 0.717) is 41.4 Å². The van der Waals surface area contributed by atoms with Gasteiger partial charge in [-0.25, -0.2) is 9.37 Å². The minimum absolute atomic E-state index is 0.00351. The van der Waals surface area contributed by atoms with E-state index in [0.717, 1.165) is 16.9 Å². The van der Waals surface area contributed by atoms with Crippen molar-refractivity contribution < 1.29 is 18.5 Å². The number of ketones is 1. The molecule has 188 valence electrons. The Morgan fingerprint density at radius 2 is 2.00 bits per heavy atom. The summed E-state index contributed by atoms with van der Waals surface area (Å²) < 4.78 is 25.8. The molecule has 2 aromatic heterocycles. The number of Topliss-reactive ketones (excluding diaryl/α,β-unsaturated/α-hetero) is 1. The van der Waals surface area contributed by atoms with Gasteiger partial charge in [-0.15, -0.1) is 0 Å². The van der Waals surface area contributed by atoms with Crippen LogP contribution in [0.4, 0.5) is 21.6 Å². The first kappa shape index (κ1) is 24.5. The minimum atomic E-state index is -1.09. The first-order chi connectivity index (χ1) is 17.3. The number of nitrogens with zero attached hydrogens (tertiary/aromatic N) is 1. The predicted molar refractivity (Wildman–Crippen MR) is 140 cm³/mol. The highest BCUT2D eigenvalue weighted by molar-refractivity contribution is 7.91. The van der Waals surface area contributed by atoms with E-state index in [2.05, 4.69) is 20.6 Å². The third-order valence-corrected chi connectivity index (χ3v) is 8.49. The topological polar surface area (TPSA) is 110 Å². The van der Waals surface area contributed by atoms with Crippen molar-refractivity contribution in [3.05, 3.63) is 59.9 Å². The van der Waals surface area contributed by atoms with Gasteiger partial charge in [0.2, 0.25) is 5.91 Å². The van der Waals surface area contributed by atoms with E-state index in [1.807, 2.05) is 44.2 Å². The number of alkyl halides is 1. The van der Waals surface area contributed by atoms with E-state index in [-0.39, 0.29) is 29.3 Å². The zero-order valence-electron chi connectivity index (χ0n) is 20.2. The number of halogens is 1. The number of rotatable bonds is 8. The number of pyridine rings is 1. The maximum absolute atomic E-state index is 13.4. The quantitative estimate of drug-likeness (QED) is 0.370. The summed E-state index contributed by atoms with van der Waals surface area (Å²) in [7, 11) is 0. The number of carbonyl (C=O) groups excluding carboxylic acids is 2. The number of hydrogen-bond donors (Lipinski definition) is 3. The second-order valence-electron chi connectivity index (χ2n) is 9.79. The van der Waals surface area contributed by atoms with Crippen LogP contribution in [0.15, 0.2) is 48.7 Å². The van der Waals surface area contributed by atoms with Gasteiger partial charge in [0.05, 0.1) is 22.9 Å². The van der Waals surface area contributed by atoms with Gasteiger partial charge in [0, 0.05) is 35.5 Å². The van der Waals surface area contributed by atoms with Crippen molar-refractivity contribution in [2.24, 2.45) is 11.8 Å². The Balaban J connectivity index is 1.50. The van der Waals surface area contributed by atoms with Crippen molar-refractivity contribution in [2.75, 3.05) is 16.4 Å². The van der Waals surface area contributed by atoms with Gasteiger partial charge in [0.1, 0.15) is 23.0 Å². The van der Waals surface area contributed by atoms with Crippen LogP contribution in [0.25, 0.3) is 11.3 Å². The van der Waals surface area contributed by atoms with E-state index in [9.17, 15) is 18.5 Å². The number of benzene rings is 1. The summed E-state index contributed by atoms with van der Waals surface area (Å²) in [6.07, 6.45) is 1.69. The lowest BCUT2D eigenvalue weighted by Crippen LogP contribution is -2.29. The normalized spacial score (nSPS) is 21.7. The maximum Gasteiger partial charge on any atom is 0.231 e. The molecule has 0 spiro atoms. The van der Waals surface area contributed by atoms with Gasteiger partial charge in [-0.1, -0.05) is 29.4 Å². The van der Waals surface area contributed by atoms with Gasteiger partial charge in [-0.2, -0.15) is 0 Å². The number of anilines is 3. The fraction of sp³-hybridized carbons (Fsp3) is 0.370. The van der Waals surface area contributed by atoms with Crippen molar-refractivity contribution in [3.8, 4) is 11.3 Å². The molecule has 5 rings (SSSR count). The highest BCUT2D eigenvalue weighted by Gasteiger charge is 2.43. The standard InChI is InChI=1S/C27H29FN4O3S/c1-15(2)36(35)14-16-10-21-24(22(33)11-16)26(30-18-6-4-3-5-7-18)25(31-21)17-8-9-29-23(12-17)32-27(34)19-13-20(19)28/h3-9,12,15-16,19-20,30-31H,10-11,13-14H2,1-2H3,(H,29,32,34)/t16?,19-,20+,36?/m1/s1. The Labute approximate surface area is 212 Å². The number of fused-ring (bicyclic) bond motifs is 1. The highest BCUT2D eigenvalue weighted by atomic mass is 32.2. The molecule has 36 heavy (non-hydrogen) atoms. The third kappa shape index (κ3) is 5.17. The average Bonchev–Trinajstić information content (AvgIpc) is 3.48. The molecule has 7 nitrogen and oxygen atoms in total. The number of nitrogens with one attached hydrogen (secondary N) is 3. The molecule has 0 aliphatic heterocycles. The van der Waals surface area contributed by atoms with Gasteiger partial charge < -0.3 is 20.2 Å². The molecule has 3 aromatic rings. The van der Waals surface area contributed by atoms with Gasteiger partial charge >= 0.3 is 0 Å². The largest absolute Gasteiger partial charge is 0.616 e. The Bertz CT molecular complexity index is 1280. The summed E-state index contributed by atoms with van der Waals surface area (Å²) >= 11 is -0.994. The molecule has 0 saturated heterocycles. The van der Waals surface area contributed by atoms with Crippen LogP contribution >= 0.6 is 0 Å².